The molecule has 0 spiro atoms. The van der Waals surface area contributed by atoms with Gasteiger partial charge >= 0.3 is 0 Å². The van der Waals surface area contributed by atoms with Crippen molar-refractivity contribution in [2.45, 2.75) is 12.1 Å². The summed E-state index contributed by atoms with van der Waals surface area (Å²) < 4.78 is 81.2. The molecule has 11 nitrogen and oxygen atoms in total. The lowest BCUT2D eigenvalue weighted by atomic mass is 9.82. The van der Waals surface area contributed by atoms with E-state index in [9.17, 15) is 30.7 Å². The van der Waals surface area contributed by atoms with Gasteiger partial charge in [0.15, 0.2) is 0 Å². The Hall–Kier alpha value is -3.89. The quantitative estimate of drug-likeness (QED) is 0.281. The molecule has 2 heterocycles. The van der Waals surface area contributed by atoms with Gasteiger partial charge in [-0.05, 0) is 40.5 Å². The van der Waals surface area contributed by atoms with Crippen molar-refractivity contribution in [3.63, 3.8) is 0 Å². The summed E-state index contributed by atoms with van der Waals surface area (Å²) in [5.74, 6) is -1.60. The average molecular weight is 597 g/mol. The summed E-state index contributed by atoms with van der Waals surface area (Å²) in [7, 11) is -7.33. The zero-order valence-corrected chi connectivity index (χ0v) is 22.9. The number of nitrogens with zero attached hydrogens (tertiary/aromatic N) is 4. The first-order chi connectivity index (χ1) is 18.5. The Labute approximate surface area is 230 Å². The molecule has 0 fully saturated rings. The first-order valence-electron chi connectivity index (χ1n) is 11.0. The summed E-state index contributed by atoms with van der Waals surface area (Å²) in [5, 5.41) is 15.6. The molecule has 0 aliphatic carbocycles. The lowest BCUT2D eigenvalue weighted by molar-refractivity contribution is 0.0726. The molecule has 0 radical (unpaired) electrons. The molecule has 0 aliphatic rings. The summed E-state index contributed by atoms with van der Waals surface area (Å²) in [6, 6.07) is 14.2. The minimum Gasteiger partial charge on any atom is -0.378 e. The molecular weight excluding hydrogens is 570 g/mol. The molecule has 15 heteroatoms. The van der Waals surface area contributed by atoms with Gasteiger partial charge in [-0.2, -0.15) is 21.9 Å². The minimum atomic E-state index is -3.67. The van der Waals surface area contributed by atoms with E-state index in [1.54, 1.807) is 24.5 Å². The fraction of sp³-hybridized carbons (Fsp3) is 0.160. The van der Waals surface area contributed by atoms with Crippen molar-refractivity contribution in [3.05, 3.63) is 109 Å². The fourth-order valence-electron chi connectivity index (χ4n) is 3.35. The third-order valence-corrected chi connectivity index (χ3v) is 4.96. The van der Waals surface area contributed by atoms with E-state index in [0.29, 0.717) is 18.1 Å². The molecular formula is C25H26F2N4O7S2. The highest BCUT2D eigenvalue weighted by Gasteiger charge is 2.37. The van der Waals surface area contributed by atoms with Crippen LogP contribution in [0.5, 0.6) is 0 Å². The third kappa shape index (κ3) is 10.7. The van der Waals surface area contributed by atoms with Gasteiger partial charge < -0.3 is 5.11 Å². The monoisotopic (exact) mass is 596 g/mol. The number of hydrogen-bond donors (Lipinski definition) is 3. The van der Waals surface area contributed by atoms with Crippen LogP contribution in [0.15, 0.2) is 86.2 Å². The van der Waals surface area contributed by atoms with Crippen molar-refractivity contribution in [1.82, 2.24) is 19.7 Å². The second kappa shape index (κ2) is 13.5. The highest BCUT2D eigenvalue weighted by molar-refractivity contribution is 7.85. The highest BCUT2D eigenvalue weighted by atomic mass is 32.2. The van der Waals surface area contributed by atoms with Gasteiger partial charge in [0.05, 0.1) is 19.1 Å². The molecule has 1 unspecified atom stereocenters. The van der Waals surface area contributed by atoms with Gasteiger partial charge in [-0.1, -0.05) is 36.9 Å². The average Bonchev–Trinajstić information content (AvgIpc) is 3.35. The smallest absolute Gasteiger partial charge is 0.261 e. The summed E-state index contributed by atoms with van der Waals surface area (Å²) in [5.41, 5.74) is 0.766. The van der Waals surface area contributed by atoms with Crippen LogP contribution in [0.4, 0.5) is 8.78 Å². The molecule has 4 rings (SSSR count). The van der Waals surface area contributed by atoms with Gasteiger partial charge in [-0.25, -0.2) is 18.4 Å². The van der Waals surface area contributed by atoms with E-state index >= 15 is 0 Å². The zero-order chi connectivity index (χ0) is 30.1. The van der Waals surface area contributed by atoms with Crippen molar-refractivity contribution in [2.75, 3.05) is 12.5 Å². The normalized spacial score (nSPS) is 12.7. The third-order valence-electron chi connectivity index (χ3n) is 4.96. The van der Waals surface area contributed by atoms with Crippen molar-refractivity contribution in [2.24, 2.45) is 0 Å². The molecule has 4 aromatic rings. The second-order valence-corrected chi connectivity index (χ2v) is 11.3. The SMILES string of the molecule is C=C(c1ccc(-c2cccnc2)cc1)C(O)(Cn1cncn1)c1ccc(F)cc1F.CS(=O)(=O)O.CS(=O)(=O)O. The van der Waals surface area contributed by atoms with Gasteiger partial charge in [-0.3, -0.25) is 14.1 Å². The molecule has 40 heavy (non-hydrogen) atoms. The summed E-state index contributed by atoms with van der Waals surface area (Å²) >= 11 is 0. The van der Waals surface area contributed by atoms with Crippen LogP contribution in [0.25, 0.3) is 16.7 Å². The Balaban J connectivity index is 0.000000482. The predicted molar refractivity (Wildman–Crippen MR) is 144 cm³/mol. The molecule has 0 amide bonds. The van der Waals surface area contributed by atoms with Crippen molar-refractivity contribution >= 4 is 25.8 Å². The van der Waals surface area contributed by atoms with E-state index in [1.807, 2.05) is 24.3 Å². The number of hydrogen-bond acceptors (Lipinski definition) is 8. The summed E-state index contributed by atoms with van der Waals surface area (Å²) in [6.07, 6.45) is 7.60. The molecule has 0 bridgehead atoms. The van der Waals surface area contributed by atoms with E-state index < -0.39 is 37.5 Å². The van der Waals surface area contributed by atoms with Crippen LogP contribution in [-0.2, 0) is 32.4 Å². The zero-order valence-electron chi connectivity index (χ0n) is 21.3. The Morgan fingerprint density at radius 2 is 1.55 bits per heavy atom. The van der Waals surface area contributed by atoms with Gasteiger partial charge in [0.2, 0.25) is 0 Å². The number of rotatable bonds is 6. The summed E-state index contributed by atoms with van der Waals surface area (Å²) in [6.45, 7) is 3.90. The van der Waals surface area contributed by atoms with Crippen LogP contribution in [-0.4, -0.2) is 63.3 Å². The number of halogens is 2. The fourth-order valence-corrected chi connectivity index (χ4v) is 3.35. The number of pyridine rings is 1. The Morgan fingerprint density at radius 3 is 2.02 bits per heavy atom. The number of aliphatic hydroxyl groups is 1. The van der Waals surface area contributed by atoms with Gasteiger partial charge in [-0.15, -0.1) is 0 Å². The largest absolute Gasteiger partial charge is 0.378 e. The molecule has 2 aromatic carbocycles. The van der Waals surface area contributed by atoms with Crippen LogP contribution in [0.2, 0.25) is 0 Å². The minimum absolute atomic E-state index is 0.0965. The Kier molecular flexibility index (Phi) is 10.9. The van der Waals surface area contributed by atoms with Crippen LogP contribution in [0.3, 0.4) is 0 Å². The molecule has 0 aliphatic heterocycles. The Morgan fingerprint density at radius 1 is 0.950 bits per heavy atom. The van der Waals surface area contributed by atoms with Crippen LogP contribution in [0, 0.1) is 11.6 Å². The summed E-state index contributed by atoms with van der Waals surface area (Å²) in [4.78, 5) is 7.98. The first-order valence-corrected chi connectivity index (χ1v) is 14.7. The Bertz CT molecular complexity index is 1590. The van der Waals surface area contributed by atoms with E-state index in [-0.39, 0.29) is 17.7 Å². The maximum Gasteiger partial charge on any atom is 0.261 e. The molecule has 0 saturated heterocycles. The first kappa shape index (κ1) is 32.3. The highest BCUT2D eigenvalue weighted by Crippen LogP contribution is 2.38. The van der Waals surface area contributed by atoms with Gasteiger partial charge in [0, 0.05) is 24.0 Å². The maximum atomic E-state index is 14.6. The van der Waals surface area contributed by atoms with Crippen LogP contribution < -0.4 is 0 Å². The maximum absolute atomic E-state index is 14.6. The van der Waals surface area contributed by atoms with E-state index in [4.69, 9.17) is 9.11 Å². The van der Waals surface area contributed by atoms with E-state index in [0.717, 1.165) is 23.3 Å². The lowest BCUT2D eigenvalue weighted by Gasteiger charge is -2.31. The van der Waals surface area contributed by atoms with Crippen molar-refractivity contribution < 1.29 is 39.8 Å². The van der Waals surface area contributed by atoms with Gasteiger partial charge in [0.25, 0.3) is 20.2 Å². The predicted octanol–water partition coefficient (Wildman–Crippen LogP) is 3.23. The topological polar surface area (TPSA) is 173 Å². The molecule has 214 valence electrons. The molecule has 3 N–H and O–H groups in total. The van der Waals surface area contributed by atoms with Gasteiger partial charge in [0.1, 0.15) is 29.9 Å². The number of aromatic nitrogens is 4. The standard InChI is InChI=1S/C23H18F2N4O.2CH4O3S/c1-16(17-4-6-18(7-5-17)19-3-2-10-26-12-19)23(30,13-29-15-27-14-28-29)21-9-8-20(24)11-22(21)25;2*1-5(2,3)4/h2-12,14-15,30H,1,13H2;2*1H3,(H,2,3,4). The van der Waals surface area contributed by atoms with Crippen molar-refractivity contribution in [1.29, 1.82) is 0 Å². The molecule has 1 atom stereocenters. The number of benzene rings is 2. The molecule has 0 saturated carbocycles. The lowest BCUT2D eigenvalue weighted by Crippen LogP contribution is -2.34. The van der Waals surface area contributed by atoms with E-state index in [1.165, 1.54) is 23.4 Å². The van der Waals surface area contributed by atoms with Crippen LogP contribution in [0.1, 0.15) is 11.1 Å². The van der Waals surface area contributed by atoms with Crippen molar-refractivity contribution in [3.8, 4) is 11.1 Å². The second-order valence-electron chi connectivity index (χ2n) is 8.34. The van der Waals surface area contributed by atoms with E-state index in [2.05, 4.69) is 21.6 Å². The van der Waals surface area contributed by atoms with Crippen LogP contribution >= 0.6 is 0 Å². The molecule has 2 aromatic heterocycles.